The summed E-state index contributed by atoms with van der Waals surface area (Å²) >= 11 is 5.72. The van der Waals surface area contributed by atoms with Gasteiger partial charge in [0.15, 0.2) is 0 Å². The fraction of sp³-hybridized carbons (Fsp3) is 0.143. The van der Waals surface area contributed by atoms with Crippen LogP contribution in [0.25, 0.3) is 5.69 Å². The van der Waals surface area contributed by atoms with E-state index in [9.17, 15) is 9.18 Å². The SMILES string of the molecule is Cc1cc(C)n(-c2ccc(F)c(Cl)c2)c(=O)c1C#N. The maximum atomic E-state index is 13.2. The predicted octanol–water partition coefficient (Wildman–Crippen LogP) is 3.12. The summed E-state index contributed by atoms with van der Waals surface area (Å²) in [5.41, 5.74) is 1.36. The topological polar surface area (TPSA) is 45.8 Å². The van der Waals surface area contributed by atoms with Gasteiger partial charge in [0.2, 0.25) is 0 Å². The van der Waals surface area contributed by atoms with Gasteiger partial charge in [-0.3, -0.25) is 9.36 Å². The van der Waals surface area contributed by atoms with Crippen molar-refractivity contribution in [3.8, 4) is 11.8 Å². The van der Waals surface area contributed by atoms with Crippen molar-refractivity contribution in [3.63, 3.8) is 0 Å². The molecule has 0 atom stereocenters. The Labute approximate surface area is 114 Å². The zero-order valence-corrected chi connectivity index (χ0v) is 11.1. The number of rotatable bonds is 1. The zero-order chi connectivity index (χ0) is 14.2. The minimum atomic E-state index is -0.552. The molecule has 3 nitrogen and oxygen atoms in total. The number of benzene rings is 1. The maximum absolute atomic E-state index is 13.2. The highest BCUT2D eigenvalue weighted by atomic mass is 35.5. The first kappa shape index (κ1) is 13.3. The third-order valence-electron chi connectivity index (χ3n) is 2.86. The Hall–Kier alpha value is -2.12. The second kappa shape index (κ2) is 4.87. The molecular weight excluding hydrogens is 267 g/mol. The van der Waals surface area contributed by atoms with E-state index >= 15 is 0 Å². The van der Waals surface area contributed by atoms with Gasteiger partial charge in [0, 0.05) is 5.69 Å². The normalized spacial score (nSPS) is 10.3. The molecule has 5 heteroatoms. The number of halogens is 2. The first-order valence-corrected chi connectivity index (χ1v) is 5.92. The van der Waals surface area contributed by atoms with Crippen molar-refractivity contribution in [2.75, 3.05) is 0 Å². The summed E-state index contributed by atoms with van der Waals surface area (Å²) in [4.78, 5) is 12.2. The molecule has 1 aromatic heterocycles. The number of hydrogen-bond acceptors (Lipinski definition) is 2. The van der Waals surface area contributed by atoms with Crippen LogP contribution in [0.3, 0.4) is 0 Å². The van der Waals surface area contributed by atoms with Gasteiger partial charge in [0.1, 0.15) is 17.4 Å². The van der Waals surface area contributed by atoms with E-state index in [0.717, 1.165) is 0 Å². The second-order valence-electron chi connectivity index (χ2n) is 4.19. The van der Waals surface area contributed by atoms with Gasteiger partial charge in [0.05, 0.1) is 10.7 Å². The minimum Gasteiger partial charge on any atom is -0.280 e. The molecule has 0 unspecified atom stereocenters. The van der Waals surface area contributed by atoms with Crippen molar-refractivity contribution < 1.29 is 4.39 Å². The third-order valence-corrected chi connectivity index (χ3v) is 3.15. The van der Waals surface area contributed by atoms with Crippen molar-refractivity contribution in [3.05, 3.63) is 62.3 Å². The van der Waals surface area contributed by atoms with E-state index in [1.54, 1.807) is 19.9 Å². The van der Waals surface area contributed by atoms with E-state index in [0.29, 0.717) is 16.9 Å². The molecule has 0 radical (unpaired) electrons. The average Bonchev–Trinajstić information content (AvgIpc) is 2.33. The van der Waals surface area contributed by atoms with Gasteiger partial charge in [-0.15, -0.1) is 0 Å². The molecule has 2 aromatic rings. The lowest BCUT2D eigenvalue weighted by Crippen LogP contribution is -2.24. The largest absolute Gasteiger partial charge is 0.280 e. The molecule has 0 spiro atoms. The Morgan fingerprint density at radius 2 is 2.00 bits per heavy atom. The summed E-state index contributed by atoms with van der Waals surface area (Å²) in [5.74, 6) is -0.552. The molecule has 0 aliphatic carbocycles. The van der Waals surface area contributed by atoms with Gasteiger partial charge in [0.25, 0.3) is 5.56 Å². The average molecular weight is 277 g/mol. The Balaban J connectivity index is 2.80. The van der Waals surface area contributed by atoms with Crippen molar-refractivity contribution in [2.24, 2.45) is 0 Å². The highest BCUT2D eigenvalue weighted by molar-refractivity contribution is 6.30. The Bertz CT molecular complexity index is 759. The first-order valence-electron chi connectivity index (χ1n) is 5.54. The van der Waals surface area contributed by atoms with Crippen molar-refractivity contribution >= 4 is 11.6 Å². The highest BCUT2D eigenvalue weighted by Gasteiger charge is 2.12. The lowest BCUT2D eigenvalue weighted by Gasteiger charge is -2.12. The molecule has 0 aliphatic heterocycles. The van der Waals surface area contributed by atoms with Crippen LogP contribution in [0, 0.1) is 31.0 Å². The molecule has 0 saturated carbocycles. The molecule has 0 amide bonds. The lowest BCUT2D eigenvalue weighted by atomic mass is 10.1. The predicted molar refractivity (Wildman–Crippen MR) is 71.2 cm³/mol. The highest BCUT2D eigenvalue weighted by Crippen LogP contribution is 2.19. The van der Waals surface area contributed by atoms with Crippen LogP contribution in [0.5, 0.6) is 0 Å². The fourth-order valence-corrected chi connectivity index (χ4v) is 2.15. The van der Waals surface area contributed by atoms with Crippen LogP contribution in [-0.4, -0.2) is 4.57 Å². The molecule has 1 aromatic carbocycles. The number of pyridine rings is 1. The molecule has 0 bridgehead atoms. The standard InChI is InChI=1S/C14H10ClFN2O/c1-8-5-9(2)18(14(19)11(8)7-17)10-3-4-13(16)12(15)6-10/h3-6H,1-2H3. The molecule has 1 heterocycles. The van der Waals surface area contributed by atoms with Crippen molar-refractivity contribution in [1.29, 1.82) is 5.26 Å². The van der Waals surface area contributed by atoms with Gasteiger partial charge < -0.3 is 0 Å². The van der Waals surface area contributed by atoms with Gasteiger partial charge in [-0.25, -0.2) is 4.39 Å². The lowest BCUT2D eigenvalue weighted by molar-refractivity contribution is 0.627. The zero-order valence-electron chi connectivity index (χ0n) is 10.4. The summed E-state index contributed by atoms with van der Waals surface area (Å²) < 4.78 is 14.5. The van der Waals surface area contributed by atoms with Crippen LogP contribution in [0.2, 0.25) is 5.02 Å². The van der Waals surface area contributed by atoms with E-state index in [1.807, 2.05) is 6.07 Å². The van der Waals surface area contributed by atoms with Crippen LogP contribution in [-0.2, 0) is 0 Å². The molecule has 2 rings (SSSR count). The van der Waals surface area contributed by atoms with Crippen molar-refractivity contribution in [1.82, 2.24) is 4.57 Å². The summed E-state index contributed by atoms with van der Waals surface area (Å²) in [6.07, 6.45) is 0. The molecular formula is C14H10ClFN2O. The summed E-state index contributed by atoms with van der Waals surface area (Å²) in [5, 5.41) is 8.94. The molecule has 0 fully saturated rings. The molecule has 19 heavy (non-hydrogen) atoms. The number of aryl methyl sites for hydroxylation is 2. The fourth-order valence-electron chi connectivity index (χ4n) is 1.97. The number of nitriles is 1. The maximum Gasteiger partial charge on any atom is 0.273 e. The van der Waals surface area contributed by atoms with Crippen molar-refractivity contribution in [2.45, 2.75) is 13.8 Å². The summed E-state index contributed by atoms with van der Waals surface area (Å²) in [7, 11) is 0. The van der Waals surface area contributed by atoms with E-state index in [-0.39, 0.29) is 10.6 Å². The van der Waals surface area contributed by atoms with Crippen LogP contribution < -0.4 is 5.56 Å². The minimum absolute atomic E-state index is 0.0668. The van der Waals surface area contributed by atoms with E-state index in [2.05, 4.69) is 0 Å². The molecule has 0 N–H and O–H groups in total. The van der Waals surface area contributed by atoms with E-state index in [1.165, 1.54) is 22.8 Å². The third kappa shape index (κ3) is 2.25. The van der Waals surface area contributed by atoms with E-state index < -0.39 is 11.4 Å². The monoisotopic (exact) mass is 276 g/mol. The Kier molecular flexibility index (Phi) is 3.41. The van der Waals surface area contributed by atoms with Gasteiger partial charge in [-0.2, -0.15) is 5.26 Å². The number of nitrogens with zero attached hydrogens (tertiary/aromatic N) is 2. The van der Waals surface area contributed by atoms with Crippen LogP contribution in [0.1, 0.15) is 16.8 Å². The Morgan fingerprint density at radius 3 is 2.58 bits per heavy atom. The number of hydrogen-bond donors (Lipinski definition) is 0. The van der Waals surface area contributed by atoms with Gasteiger partial charge >= 0.3 is 0 Å². The molecule has 96 valence electrons. The molecule has 0 saturated heterocycles. The number of aromatic nitrogens is 1. The van der Waals surface area contributed by atoms with Crippen LogP contribution in [0.4, 0.5) is 4.39 Å². The summed E-state index contributed by atoms with van der Waals surface area (Å²) in [6, 6.07) is 7.62. The van der Waals surface area contributed by atoms with Crippen LogP contribution in [0.15, 0.2) is 29.1 Å². The van der Waals surface area contributed by atoms with Crippen LogP contribution >= 0.6 is 11.6 Å². The first-order chi connectivity index (χ1) is 8.95. The quantitative estimate of drug-likeness (QED) is 0.803. The van der Waals surface area contributed by atoms with E-state index in [4.69, 9.17) is 16.9 Å². The second-order valence-corrected chi connectivity index (χ2v) is 4.60. The summed E-state index contributed by atoms with van der Waals surface area (Å²) in [6.45, 7) is 3.45. The van der Waals surface area contributed by atoms with Gasteiger partial charge in [-0.1, -0.05) is 11.6 Å². The van der Waals surface area contributed by atoms with Gasteiger partial charge in [-0.05, 0) is 43.7 Å². The Morgan fingerprint density at radius 1 is 1.32 bits per heavy atom. The smallest absolute Gasteiger partial charge is 0.273 e. The molecule has 0 aliphatic rings.